The molecule has 2 N–H and O–H groups in total. The number of carbonyl (C=O) groups is 3. The lowest BCUT2D eigenvalue weighted by atomic mass is 10.1. The molecule has 0 aliphatic carbocycles. The summed E-state index contributed by atoms with van der Waals surface area (Å²) < 4.78 is 30.1. The Morgan fingerprint density at radius 1 is 1.05 bits per heavy atom. The molecule has 0 radical (unpaired) electrons. The topological polar surface area (TPSA) is 142 Å². The molecular weight excluding hydrogens is 552 g/mol. The van der Waals surface area contributed by atoms with Crippen molar-refractivity contribution in [2.75, 3.05) is 11.5 Å². The number of para-hydroxylation sites is 2. The molecule has 0 saturated carbocycles. The van der Waals surface area contributed by atoms with Gasteiger partial charge in [-0.1, -0.05) is 36.0 Å². The summed E-state index contributed by atoms with van der Waals surface area (Å²) in [5, 5.41) is 5.14. The van der Waals surface area contributed by atoms with Crippen LogP contribution in [0.5, 0.6) is 0 Å². The number of rotatable bonds is 9. The summed E-state index contributed by atoms with van der Waals surface area (Å²) in [5.41, 5.74) is 3.28. The normalized spacial score (nSPS) is 15.7. The number of primary sulfonamides is 1. The predicted octanol–water partition coefficient (Wildman–Crippen LogP) is 3.53. The number of imidazole rings is 1. The lowest BCUT2D eigenvalue weighted by Gasteiger charge is -2.15. The fraction of sp³-hybridized carbons (Fsp3) is 0.214. The first-order valence-corrected chi connectivity index (χ1v) is 15.0. The van der Waals surface area contributed by atoms with Gasteiger partial charge in [-0.3, -0.25) is 9.59 Å². The van der Waals surface area contributed by atoms with Crippen molar-refractivity contribution in [3.8, 4) is 0 Å². The highest BCUT2D eigenvalue weighted by Gasteiger charge is 2.41. The van der Waals surface area contributed by atoms with Crippen molar-refractivity contribution in [2.24, 2.45) is 5.14 Å². The van der Waals surface area contributed by atoms with E-state index in [-0.39, 0.29) is 29.7 Å². The van der Waals surface area contributed by atoms with Crippen LogP contribution in [0.4, 0.5) is 5.69 Å². The number of benzene rings is 3. The molecule has 0 spiro atoms. The number of thioether (sulfide) groups is 1. The number of carbonyl (C=O) groups excluding carboxylic acids is 3. The second kappa shape index (κ2) is 11.2. The van der Waals surface area contributed by atoms with Gasteiger partial charge < -0.3 is 9.30 Å². The number of aryl methyl sites for hydroxylation is 2. The minimum atomic E-state index is -3.77. The zero-order chi connectivity index (χ0) is 28.4. The maximum atomic E-state index is 13.4. The molecular formula is C28H26N4O6S2. The Hall–Kier alpha value is -4.00. The molecule has 3 aromatic carbocycles. The molecule has 206 valence electrons. The van der Waals surface area contributed by atoms with Crippen molar-refractivity contribution in [2.45, 2.75) is 41.6 Å². The molecule has 2 amide bonds. The van der Waals surface area contributed by atoms with Gasteiger partial charge in [0.2, 0.25) is 21.8 Å². The van der Waals surface area contributed by atoms with Crippen molar-refractivity contribution in [3.05, 3.63) is 83.9 Å². The van der Waals surface area contributed by atoms with Gasteiger partial charge in [-0.15, -0.1) is 0 Å². The highest BCUT2D eigenvalue weighted by Crippen LogP contribution is 2.35. The van der Waals surface area contributed by atoms with Crippen LogP contribution >= 0.6 is 11.8 Å². The van der Waals surface area contributed by atoms with E-state index in [1.54, 1.807) is 31.2 Å². The van der Waals surface area contributed by atoms with Gasteiger partial charge in [-0.05, 0) is 67.4 Å². The zero-order valence-electron chi connectivity index (χ0n) is 21.5. The Balaban J connectivity index is 1.35. The van der Waals surface area contributed by atoms with Crippen LogP contribution in [0, 0.1) is 0 Å². The number of amides is 2. The van der Waals surface area contributed by atoms with Crippen LogP contribution in [0.1, 0.15) is 29.3 Å². The number of hydrogen-bond donors (Lipinski definition) is 1. The molecule has 1 aliphatic heterocycles. The average Bonchev–Trinajstić information content (AvgIpc) is 3.42. The highest BCUT2D eigenvalue weighted by molar-refractivity contribution is 8.00. The summed E-state index contributed by atoms with van der Waals surface area (Å²) in [4.78, 5) is 44.1. The molecule has 1 fully saturated rings. The number of hydrogen-bond acceptors (Lipinski definition) is 8. The summed E-state index contributed by atoms with van der Waals surface area (Å²) in [7, 11) is -3.77. The second-order valence-electron chi connectivity index (χ2n) is 9.12. The van der Waals surface area contributed by atoms with Crippen molar-refractivity contribution < 1.29 is 27.5 Å². The van der Waals surface area contributed by atoms with E-state index in [0.717, 1.165) is 21.5 Å². The fourth-order valence-corrected chi connectivity index (χ4v) is 6.17. The van der Waals surface area contributed by atoms with Crippen molar-refractivity contribution in [3.63, 3.8) is 0 Å². The molecule has 1 saturated heterocycles. The number of imide groups is 1. The van der Waals surface area contributed by atoms with Gasteiger partial charge in [0, 0.05) is 13.0 Å². The quantitative estimate of drug-likeness (QED) is 0.235. The van der Waals surface area contributed by atoms with Crippen LogP contribution in [0.25, 0.3) is 11.0 Å². The van der Waals surface area contributed by atoms with Crippen LogP contribution < -0.4 is 10.0 Å². The number of fused-ring (bicyclic) bond motifs is 1. The summed E-state index contributed by atoms with van der Waals surface area (Å²) in [6.07, 6.45) is 0.594. The summed E-state index contributed by atoms with van der Waals surface area (Å²) in [6.45, 7) is 2.48. The number of esters is 1. The number of ether oxygens (including phenoxy) is 1. The molecule has 1 unspecified atom stereocenters. The smallest absolute Gasteiger partial charge is 0.338 e. The molecule has 5 rings (SSSR count). The Morgan fingerprint density at radius 3 is 2.42 bits per heavy atom. The van der Waals surface area contributed by atoms with Crippen LogP contribution in [0.3, 0.4) is 0 Å². The molecule has 40 heavy (non-hydrogen) atoms. The number of nitrogens with two attached hydrogens (primary N) is 1. The number of nitrogens with zero attached hydrogens (tertiary/aromatic N) is 3. The van der Waals surface area contributed by atoms with Crippen LogP contribution in [0.2, 0.25) is 0 Å². The summed E-state index contributed by atoms with van der Waals surface area (Å²) in [6, 6.07) is 20.2. The largest absolute Gasteiger partial charge is 0.462 e. The van der Waals surface area contributed by atoms with Gasteiger partial charge in [0.05, 0.1) is 33.8 Å². The molecule has 10 nitrogen and oxygen atoms in total. The molecule has 0 bridgehead atoms. The molecule has 1 aromatic heterocycles. The number of aromatic nitrogens is 2. The van der Waals surface area contributed by atoms with E-state index in [1.807, 2.05) is 28.8 Å². The third kappa shape index (κ3) is 5.64. The number of anilines is 1. The van der Waals surface area contributed by atoms with E-state index >= 15 is 0 Å². The predicted molar refractivity (Wildman–Crippen MR) is 150 cm³/mol. The Bertz CT molecular complexity index is 1700. The third-order valence-corrected chi connectivity index (χ3v) is 8.59. The van der Waals surface area contributed by atoms with Gasteiger partial charge >= 0.3 is 5.97 Å². The third-order valence-electron chi connectivity index (χ3n) is 6.49. The van der Waals surface area contributed by atoms with Crippen LogP contribution in [0.15, 0.2) is 82.8 Å². The summed E-state index contributed by atoms with van der Waals surface area (Å²) >= 11 is 1.24. The van der Waals surface area contributed by atoms with Crippen molar-refractivity contribution in [1.82, 2.24) is 9.55 Å². The minimum absolute atomic E-state index is 0.0152. The van der Waals surface area contributed by atoms with Gasteiger partial charge in [0.15, 0.2) is 5.16 Å². The first-order valence-electron chi connectivity index (χ1n) is 12.5. The van der Waals surface area contributed by atoms with E-state index in [4.69, 9.17) is 14.9 Å². The van der Waals surface area contributed by atoms with E-state index in [0.29, 0.717) is 29.4 Å². The van der Waals surface area contributed by atoms with Gasteiger partial charge in [0.1, 0.15) is 5.25 Å². The molecule has 12 heteroatoms. The van der Waals surface area contributed by atoms with Crippen LogP contribution in [-0.2, 0) is 37.3 Å². The Morgan fingerprint density at radius 2 is 1.75 bits per heavy atom. The number of sulfonamides is 1. The summed E-state index contributed by atoms with van der Waals surface area (Å²) in [5.74, 6) is -1.15. The van der Waals surface area contributed by atoms with E-state index < -0.39 is 21.2 Å². The zero-order valence-corrected chi connectivity index (χ0v) is 23.2. The fourth-order valence-electron chi connectivity index (χ4n) is 4.50. The minimum Gasteiger partial charge on any atom is -0.462 e. The van der Waals surface area contributed by atoms with Gasteiger partial charge in [0.25, 0.3) is 0 Å². The highest BCUT2D eigenvalue weighted by atomic mass is 32.2. The maximum Gasteiger partial charge on any atom is 0.338 e. The molecule has 2 heterocycles. The Kier molecular flexibility index (Phi) is 7.74. The monoisotopic (exact) mass is 578 g/mol. The van der Waals surface area contributed by atoms with Gasteiger partial charge in [-0.2, -0.15) is 0 Å². The average molecular weight is 579 g/mol. The maximum absolute atomic E-state index is 13.4. The van der Waals surface area contributed by atoms with Crippen molar-refractivity contribution >= 4 is 56.3 Å². The lowest BCUT2D eigenvalue weighted by molar-refractivity contribution is -0.121. The van der Waals surface area contributed by atoms with Crippen LogP contribution in [-0.4, -0.2) is 47.6 Å². The molecule has 4 aromatic rings. The first-order chi connectivity index (χ1) is 19.2. The second-order valence-corrected chi connectivity index (χ2v) is 11.9. The van der Waals surface area contributed by atoms with E-state index in [1.165, 1.54) is 36.0 Å². The molecule has 1 atom stereocenters. The van der Waals surface area contributed by atoms with E-state index in [2.05, 4.69) is 0 Å². The van der Waals surface area contributed by atoms with E-state index in [9.17, 15) is 22.8 Å². The Labute approximate surface area is 235 Å². The lowest BCUT2D eigenvalue weighted by Crippen LogP contribution is -2.31. The standard InChI is InChI=1S/C28H26N4O6S2/c1-2-38-27(35)19-9-11-20(12-10-19)32-25(33)17-24(26(32)34)39-28-30-22-5-3-4-6-23(22)31(28)16-15-18-7-13-21(14-8-18)40(29,36)37/h3-14,24H,2,15-17H2,1H3,(H2,29,36,37). The first kappa shape index (κ1) is 27.6. The SMILES string of the molecule is CCOC(=O)c1ccc(N2C(=O)CC(Sc3nc4ccccc4n3CCc3ccc(S(N)(=O)=O)cc3)C2=O)cc1. The molecule has 1 aliphatic rings. The van der Waals surface area contributed by atoms with Gasteiger partial charge in [-0.25, -0.2) is 28.2 Å². The van der Waals surface area contributed by atoms with Crippen molar-refractivity contribution in [1.29, 1.82) is 0 Å².